The predicted molar refractivity (Wildman–Crippen MR) is 102 cm³/mol. The number of hydrogen-bond donors (Lipinski definition) is 1. The molecule has 0 aliphatic rings. The Bertz CT molecular complexity index is 1000. The normalized spacial score (nSPS) is 10.4. The third-order valence-corrected chi connectivity index (χ3v) is 4.20. The molecule has 3 rings (SSSR count). The second-order valence-electron chi connectivity index (χ2n) is 5.67. The van der Waals surface area contributed by atoms with Crippen LogP contribution in [0.1, 0.15) is 5.56 Å². The Kier molecular flexibility index (Phi) is 5.83. The molecule has 0 aliphatic heterocycles. The van der Waals surface area contributed by atoms with Crippen LogP contribution in [0.15, 0.2) is 59.5 Å². The van der Waals surface area contributed by atoms with Gasteiger partial charge in [-0.25, -0.2) is 9.67 Å². The van der Waals surface area contributed by atoms with Crippen molar-refractivity contribution in [2.75, 3.05) is 7.11 Å². The summed E-state index contributed by atoms with van der Waals surface area (Å²) in [5, 5.41) is 7.56. The molecule has 7 nitrogen and oxygen atoms in total. The fraction of sp³-hybridized carbons (Fsp3) is 0.158. The van der Waals surface area contributed by atoms with E-state index in [4.69, 9.17) is 16.3 Å². The minimum Gasteiger partial charge on any atom is -0.481 e. The summed E-state index contributed by atoms with van der Waals surface area (Å²) in [5.74, 6) is 0.139. The molecule has 0 fully saturated rings. The Labute approximate surface area is 160 Å². The van der Waals surface area contributed by atoms with Crippen LogP contribution in [0.4, 0.5) is 0 Å². The van der Waals surface area contributed by atoms with E-state index in [1.54, 1.807) is 30.5 Å². The molecular weight excluding hydrogens is 368 g/mol. The SMILES string of the molecule is COc1ccc(-c2ccc(=O)n(CC(=O)NCc3ccccc3Cl)n2)cn1. The number of rotatable bonds is 6. The van der Waals surface area contributed by atoms with E-state index < -0.39 is 0 Å². The van der Waals surface area contributed by atoms with Gasteiger partial charge >= 0.3 is 0 Å². The second kappa shape index (κ2) is 8.46. The summed E-state index contributed by atoms with van der Waals surface area (Å²) < 4.78 is 6.14. The zero-order valence-electron chi connectivity index (χ0n) is 14.6. The predicted octanol–water partition coefficient (Wildman–Crippen LogP) is 2.28. The van der Waals surface area contributed by atoms with Gasteiger partial charge in [0.1, 0.15) is 6.54 Å². The molecule has 8 heteroatoms. The lowest BCUT2D eigenvalue weighted by molar-refractivity contribution is -0.122. The Hall–Kier alpha value is -3.19. The standard InChI is InChI=1S/C19H17ClN4O3/c1-27-18-8-6-14(11-22-18)16-7-9-19(26)24(23-16)12-17(25)21-10-13-4-2-3-5-15(13)20/h2-9,11H,10,12H2,1H3,(H,21,25). The van der Waals surface area contributed by atoms with Gasteiger partial charge in [-0.1, -0.05) is 29.8 Å². The zero-order chi connectivity index (χ0) is 19.2. The van der Waals surface area contributed by atoms with Gasteiger partial charge in [0, 0.05) is 35.5 Å². The summed E-state index contributed by atoms with van der Waals surface area (Å²) in [4.78, 5) is 28.3. The molecule has 1 aromatic carbocycles. The molecule has 0 unspecified atom stereocenters. The van der Waals surface area contributed by atoms with E-state index in [1.165, 1.54) is 13.2 Å². The molecule has 0 saturated carbocycles. The van der Waals surface area contributed by atoms with Gasteiger partial charge in [0.2, 0.25) is 11.8 Å². The molecule has 2 aromatic heterocycles. The van der Waals surface area contributed by atoms with Crippen molar-refractivity contribution in [1.29, 1.82) is 0 Å². The molecule has 2 heterocycles. The number of hydrogen-bond acceptors (Lipinski definition) is 5. The molecule has 0 aliphatic carbocycles. The van der Waals surface area contributed by atoms with Crippen molar-refractivity contribution >= 4 is 17.5 Å². The van der Waals surface area contributed by atoms with Gasteiger partial charge in [-0.15, -0.1) is 0 Å². The van der Waals surface area contributed by atoms with E-state index >= 15 is 0 Å². The molecule has 0 radical (unpaired) electrons. The fourth-order valence-corrected chi connectivity index (χ4v) is 2.60. The molecule has 0 atom stereocenters. The molecule has 0 spiro atoms. The monoisotopic (exact) mass is 384 g/mol. The number of methoxy groups -OCH3 is 1. The van der Waals surface area contributed by atoms with Crippen molar-refractivity contribution in [2.24, 2.45) is 0 Å². The van der Waals surface area contributed by atoms with Crippen molar-refractivity contribution < 1.29 is 9.53 Å². The Morgan fingerprint density at radius 2 is 2.00 bits per heavy atom. The van der Waals surface area contributed by atoms with Crippen LogP contribution in [0.2, 0.25) is 5.02 Å². The molecule has 138 valence electrons. The number of pyridine rings is 1. The van der Waals surface area contributed by atoms with Crippen LogP contribution in [0.3, 0.4) is 0 Å². The van der Waals surface area contributed by atoms with Crippen LogP contribution in [0, 0.1) is 0 Å². The molecule has 0 saturated heterocycles. The van der Waals surface area contributed by atoms with Crippen LogP contribution in [-0.4, -0.2) is 27.8 Å². The number of nitrogens with one attached hydrogen (secondary N) is 1. The zero-order valence-corrected chi connectivity index (χ0v) is 15.3. The fourth-order valence-electron chi connectivity index (χ4n) is 2.40. The lowest BCUT2D eigenvalue weighted by Gasteiger charge is -2.09. The number of aromatic nitrogens is 3. The lowest BCUT2D eigenvalue weighted by atomic mass is 10.2. The van der Waals surface area contributed by atoms with Crippen LogP contribution in [-0.2, 0) is 17.9 Å². The third kappa shape index (κ3) is 4.71. The van der Waals surface area contributed by atoms with E-state index in [1.807, 2.05) is 18.2 Å². The van der Waals surface area contributed by atoms with Gasteiger partial charge in [0.25, 0.3) is 5.56 Å². The maximum Gasteiger partial charge on any atom is 0.267 e. The topological polar surface area (TPSA) is 86.1 Å². The maximum atomic E-state index is 12.2. The first-order chi connectivity index (χ1) is 13.1. The first kappa shape index (κ1) is 18.6. The van der Waals surface area contributed by atoms with Crippen molar-refractivity contribution in [3.63, 3.8) is 0 Å². The van der Waals surface area contributed by atoms with Gasteiger partial charge in [-0.2, -0.15) is 5.10 Å². The number of carbonyl (C=O) groups is 1. The smallest absolute Gasteiger partial charge is 0.267 e. The Balaban J connectivity index is 1.71. The summed E-state index contributed by atoms with van der Waals surface area (Å²) in [6, 6.07) is 13.7. The first-order valence-corrected chi connectivity index (χ1v) is 8.53. The number of carbonyl (C=O) groups excluding carboxylic acids is 1. The highest BCUT2D eigenvalue weighted by Gasteiger charge is 2.09. The van der Waals surface area contributed by atoms with Crippen LogP contribution in [0.25, 0.3) is 11.3 Å². The highest BCUT2D eigenvalue weighted by Crippen LogP contribution is 2.17. The molecular formula is C19H17ClN4O3. The van der Waals surface area contributed by atoms with E-state index in [0.717, 1.165) is 10.2 Å². The van der Waals surface area contributed by atoms with E-state index in [0.29, 0.717) is 22.2 Å². The summed E-state index contributed by atoms with van der Waals surface area (Å²) in [6.45, 7) is 0.0794. The number of ether oxygens (including phenoxy) is 1. The van der Waals surface area contributed by atoms with Crippen LogP contribution < -0.4 is 15.6 Å². The van der Waals surface area contributed by atoms with Crippen LogP contribution in [0.5, 0.6) is 5.88 Å². The highest BCUT2D eigenvalue weighted by molar-refractivity contribution is 6.31. The van der Waals surface area contributed by atoms with Gasteiger partial charge < -0.3 is 10.1 Å². The molecule has 27 heavy (non-hydrogen) atoms. The van der Waals surface area contributed by atoms with Gasteiger partial charge in [0.15, 0.2) is 0 Å². The number of amides is 1. The van der Waals surface area contributed by atoms with Crippen molar-refractivity contribution in [3.05, 3.63) is 75.7 Å². The third-order valence-electron chi connectivity index (χ3n) is 3.84. The maximum absolute atomic E-state index is 12.2. The Morgan fingerprint density at radius 1 is 1.19 bits per heavy atom. The average molecular weight is 385 g/mol. The van der Waals surface area contributed by atoms with Crippen molar-refractivity contribution in [3.8, 4) is 17.1 Å². The van der Waals surface area contributed by atoms with Gasteiger partial charge in [-0.05, 0) is 23.8 Å². The highest BCUT2D eigenvalue weighted by atomic mass is 35.5. The summed E-state index contributed by atoms with van der Waals surface area (Å²) in [5.41, 5.74) is 1.67. The number of halogens is 1. The largest absolute Gasteiger partial charge is 0.481 e. The first-order valence-electron chi connectivity index (χ1n) is 8.15. The van der Waals surface area contributed by atoms with Gasteiger partial charge in [0.05, 0.1) is 12.8 Å². The second-order valence-corrected chi connectivity index (χ2v) is 6.08. The van der Waals surface area contributed by atoms with Crippen molar-refractivity contribution in [1.82, 2.24) is 20.1 Å². The molecule has 1 N–H and O–H groups in total. The van der Waals surface area contributed by atoms with Gasteiger partial charge in [-0.3, -0.25) is 9.59 Å². The quantitative estimate of drug-likeness (QED) is 0.704. The van der Waals surface area contributed by atoms with E-state index in [9.17, 15) is 9.59 Å². The molecule has 0 bridgehead atoms. The molecule has 3 aromatic rings. The lowest BCUT2D eigenvalue weighted by Crippen LogP contribution is -2.33. The Morgan fingerprint density at radius 3 is 2.70 bits per heavy atom. The van der Waals surface area contributed by atoms with E-state index in [2.05, 4.69) is 15.4 Å². The number of nitrogens with zero attached hydrogens (tertiary/aromatic N) is 3. The summed E-state index contributed by atoms with van der Waals surface area (Å²) in [6.07, 6.45) is 1.59. The minimum atomic E-state index is -0.367. The minimum absolute atomic E-state index is 0.194. The van der Waals surface area contributed by atoms with Crippen LogP contribution >= 0.6 is 11.6 Å². The summed E-state index contributed by atoms with van der Waals surface area (Å²) in [7, 11) is 1.53. The number of benzene rings is 1. The average Bonchev–Trinajstić information content (AvgIpc) is 2.69. The van der Waals surface area contributed by atoms with Crippen molar-refractivity contribution in [2.45, 2.75) is 13.1 Å². The van der Waals surface area contributed by atoms with E-state index in [-0.39, 0.29) is 24.6 Å². The molecule has 1 amide bonds. The summed E-state index contributed by atoms with van der Waals surface area (Å²) >= 11 is 6.07.